The summed E-state index contributed by atoms with van der Waals surface area (Å²) in [5, 5.41) is 12.2. The minimum absolute atomic E-state index is 0.250. The number of phenols is 1. The number of carbonyl (C=O) groups excluding carboxylic acids is 1. The summed E-state index contributed by atoms with van der Waals surface area (Å²) in [5.41, 5.74) is 1.53. The second kappa shape index (κ2) is 4.65. The Bertz CT molecular complexity index is 410. The maximum Gasteiger partial charge on any atom is 0.412 e. The Morgan fingerprint density at radius 1 is 1.24 bits per heavy atom. The molecule has 1 amide bonds. The van der Waals surface area contributed by atoms with E-state index in [9.17, 15) is 9.90 Å². The van der Waals surface area contributed by atoms with Gasteiger partial charge >= 0.3 is 6.09 Å². The number of anilines is 1. The third-order valence-electron chi connectivity index (χ3n) is 2.14. The minimum Gasteiger partial charge on any atom is -0.507 e. The highest BCUT2D eigenvalue weighted by atomic mass is 16.6. The van der Waals surface area contributed by atoms with Crippen LogP contribution in [0.2, 0.25) is 0 Å². The van der Waals surface area contributed by atoms with Crippen LogP contribution in [0, 0.1) is 13.8 Å². The van der Waals surface area contributed by atoms with Crippen molar-refractivity contribution in [3.63, 3.8) is 0 Å². The van der Waals surface area contributed by atoms with E-state index in [0.717, 1.165) is 11.1 Å². The summed E-state index contributed by atoms with van der Waals surface area (Å²) in [4.78, 5) is 11.5. The summed E-state index contributed by atoms with van der Waals surface area (Å²) in [5.74, 6) is 0.250. The number of carbonyl (C=O) groups is 1. The van der Waals surface area contributed by atoms with E-state index in [-0.39, 0.29) is 5.75 Å². The number of benzene rings is 1. The van der Waals surface area contributed by atoms with Crippen LogP contribution < -0.4 is 5.32 Å². The first-order valence-electron chi connectivity index (χ1n) is 5.49. The Morgan fingerprint density at radius 3 is 2.12 bits per heavy atom. The SMILES string of the molecule is Cc1cc(NC(=O)OC(C)(C)C)cc(C)c1O. The van der Waals surface area contributed by atoms with Gasteiger partial charge in [0.25, 0.3) is 0 Å². The Hall–Kier alpha value is -1.71. The molecule has 0 aromatic heterocycles. The van der Waals surface area contributed by atoms with Crippen molar-refractivity contribution in [1.82, 2.24) is 0 Å². The van der Waals surface area contributed by atoms with E-state index in [4.69, 9.17) is 4.74 Å². The number of hydrogen-bond donors (Lipinski definition) is 2. The predicted molar refractivity (Wildman–Crippen MR) is 67.4 cm³/mol. The molecule has 1 aromatic carbocycles. The predicted octanol–water partition coefficient (Wildman–Crippen LogP) is 3.36. The lowest BCUT2D eigenvalue weighted by Crippen LogP contribution is -2.27. The molecule has 4 heteroatoms. The van der Waals surface area contributed by atoms with Crippen molar-refractivity contribution in [2.24, 2.45) is 0 Å². The molecule has 2 N–H and O–H groups in total. The fourth-order valence-corrected chi connectivity index (χ4v) is 1.45. The highest BCUT2D eigenvalue weighted by molar-refractivity contribution is 5.85. The molecule has 0 saturated carbocycles. The first kappa shape index (κ1) is 13.4. The molecule has 0 fully saturated rings. The van der Waals surface area contributed by atoms with E-state index in [0.29, 0.717) is 5.69 Å². The van der Waals surface area contributed by atoms with E-state index >= 15 is 0 Å². The van der Waals surface area contributed by atoms with Crippen LogP contribution in [0.5, 0.6) is 5.75 Å². The topological polar surface area (TPSA) is 58.6 Å². The molecule has 4 nitrogen and oxygen atoms in total. The Kier molecular flexibility index (Phi) is 3.66. The molecule has 0 bridgehead atoms. The molecule has 0 heterocycles. The zero-order valence-corrected chi connectivity index (χ0v) is 10.9. The second-order valence-electron chi connectivity index (χ2n) is 5.09. The van der Waals surface area contributed by atoms with Gasteiger partial charge in [0.05, 0.1) is 0 Å². The van der Waals surface area contributed by atoms with Gasteiger partial charge in [-0.2, -0.15) is 0 Å². The third kappa shape index (κ3) is 3.98. The molecule has 0 aliphatic rings. The third-order valence-corrected chi connectivity index (χ3v) is 2.14. The second-order valence-corrected chi connectivity index (χ2v) is 5.09. The van der Waals surface area contributed by atoms with Gasteiger partial charge in [-0.15, -0.1) is 0 Å². The summed E-state index contributed by atoms with van der Waals surface area (Å²) >= 11 is 0. The average molecular weight is 237 g/mol. The number of ether oxygens (including phenoxy) is 1. The Morgan fingerprint density at radius 2 is 1.71 bits per heavy atom. The van der Waals surface area contributed by atoms with E-state index < -0.39 is 11.7 Å². The number of hydrogen-bond acceptors (Lipinski definition) is 3. The molecule has 0 spiro atoms. The fraction of sp³-hybridized carbons (Fsp3) is 0.462. The molecule has 0 radical (unpaired) electrons. The number of rotatable bonds is 1. The van der Waals surface area contributed by atoms with Crippen LogP contribution in [0.15, 0.2) is 12.1 Å². The average Bonchev–Trinajstić information content (AvgIpc) is 2.10. The van der Waals surface area contributed by atoms with Gasteiger partial charge in [-0.05, 0) is 57.9 Å². The van der Waals surface area contributed by atoms with Crippen molar-refractivity contribution in [2.75, 3.05) is 5.32 Å². The van der Waals surface area contributed by atoms with Gasteiger partial charge in [-0.1, -0.05) is 0 Å². The standard InChI is InChI=1S/C13H19NO3/c1-8-6-10(7-9(2)11(8)15)14-12(16)17-13(3,4)5/h6-7,15H,1-5H3,(H,14,16). The molecular formula is C13H19NO3. The number of aryl methyl sites for hydroxylation is 2. The molecule has 1 rings (SSSR count). The first-order chi connectivity index (χ1) is 7.69. The lowest BCUT2D eigenvalue weighted by atomic mass is 10.1. The fourth-order valence-electron chi connectivity index (χ4n) is 1.45. The molecule has 1 aromatic rings. The molecule has 0 aliphatic carbocycles. The maximum absolute atomic E-state index is 11.5. The van der Waals surface area contributed by atoms with Crippen molar-refractivity contribution in [3.8, 4) is 5.75 Å². The lowest BCUT2D eigenvalue weighted by Gasteiger charge is -2.20. The molecule has 94 valence electrons. The van der Waals surface area contributed by atoms with Gasteiger partial charge < -0.3 is 9.84 Å². The van der Waals surface area contributed by atoms with Crippen LogP contribution >= 0.6 is 0 Å². The largest absolute Gasteiger partial charge is 0.507 e. The van der Waals surface area contributed by atoms with Crippen molar-refractivity contribution < 1.29 is 14.6 Å². The van der Waals surface area contributed by atoms with Gasteiger partial charge in [0.2, 0.25) is 0 Å². The van der Waals surface area contributed by atoms with Crippen LogP contribution in [0.25, 0.3) is 0 Å². The number of phenolic OH excluding ortho intramolecular Hbond substituents is 1. The van der Waals surface area contributed by atoms with Crippen molar-refractivity contribution in [2.45, 2.75) is 40.2 Å². The highest BCUT2D eigenvalue weighted by Gasteiger charge is 2.16. The molecule has 0 saturated heterocycles. The minimum atomic E-state index is -0.523. The van der Waals surface area contributed by atoms with Crippen molar-refractivity contribution in [1.29, 1.82) is 0 Å². The summed E-state index contributed by atoms with van der Waals surface area (Å²) in [6.45, 7) is 8.98. The van der Waals surface area contributed by atoms with Crippen LogP contribution in [0.1, 0.15) is 31.9 Å². The van der Waals surface area contributed by atoms with Crippen molar-refractivity contribution in [3.05, 3.63) is 23.3 Å². The summed E-state index contributed by atoms with van der Waals surface area (Å²) in [6, 6.07) is 3.40. The zero-order valence-electron chi connectivity index (χ0n) is 10.9. The molecule has 0 atom stereocenters. The van der Waals surface area contributed by atoms with Gasteiger partial charge in [0, 0.05) is 5.69 Å². The van der Waals surface area contributed by atoms with Crippen LogP contribution in [-0.2, 0) is 4.74 Å². The normalized spacial score (nSPS) is 11.1. The lowest BCUT2D eigenvalue weighted by molar-refractivity contribution is 0.0636. The van der Waals surface area contributed by atoms with Gasteiger partial charge in [-0.25, -0.2) is 4.79 Å². The molecule has 17 heavy (non-hydrogen) atoms. The van der Waals surface area contributed by atoms with Crippen molar-refractivity contribution >= 4 is 11.8 Å². The summed E-state index contributed by atoms with van der Waals surface area (Å²) in [7, 11) is 0. The number of amides is 1. The molecule has 0 unspecified atom stereocenters. The van der Waals surface area contributed by atoms with E-state index in [1.165, 1.54) is 0 Å². The molecule has 0 aliphatic heterocycles. The van der Waals surface area contributed by atoms with E-state index in [1.807, 2.05) is 0 Å². The summed E-state index contributed by atoms with van der Waals surface area (Å²) < 4.78 is 5.14. The zero-order chi connectivity index (χ0) is 13.2. The van der Waals surface area contributed by atoms with Crippen LogP contribution in [0.3, 0.4) is 0 Å². The van der Waals surface area contributed by atoms with Gasteiger partial charge in [-0.3, -0.25) is 5.32 Å². The first-order valence-corrected chi connectivity index (χ1v) is 5.49. The van der Waals surface area contributed by atoms with E-state index in [1.54, 1.807) is 46.8 Å². The molecular weight excluding hydrogens is 218 g/mol. The Labute approximate surface area is 102 Å². The van der Waals surface area contributed by atoms with Crippen LogP contribution in [0.4, 0.5) is 10.5 Å². The number of nitrogens with one attached hydrogen (secondary N) is 1. The summed E-state index contributed by atoms with van der Waals surface area (Å²) in [6.07, 6.45) is -0.498. The highest BCUT2D eigenvalue weighted by Crippen LogP contribution is 2.25. The van der Waals surface area contributed by atoms with Gasteiger partial charge in [0.15, 0.2) is 0 Å². The quantitative estimate of drug-likeness (QED) is 0.736. The Balaban J connectivity index is 2.79. The maximum atomic E-state index is 11.5. The number of aromatic hydroxyl groups is 1. The van der Waals surface area contributed by atoms with E-state index in [2.05, 4.69) is 5.32 Å². The monoisotopic (exact) mass is 237 g/mol. The van der Waals surface area contributed by atoms with Crippen LogP contribution in [-0.4, -0.2) is 16.8 Å². The van der Waals surface area contributed by atoms with Gasteiger partial charge in [0.1, 0.15) is 11.4 Å². The smallest absolute Gasteiger partial charge is 0.412 e.